The van der Waals surface area contributed by atoms with Gasteiger partial charge in [0.1, 0.15) is 28.7 Å². The Morgan fingerprint density at radius 2 is 1.76 bits per heavy atom. The van der Waals surface area contributed by atoms with Crippen molar-refractivity contribution in [1.82, 2.24) is 24.5 Å². The third-order valence-corrected chi connectivity index (χ3v) is 10.7. The van der Waals surface area contributed by atoms with Crippen LogP contribution in [0.5, 0.6) is 11.5 Å². The van der Waals surface area contributed by atoms with E-state index in [0.717, 1.165) is 0 Å². The molecule has 4 rings (SSSR count). The van der Waals surface area contributed by atoms with Crippen molar-refractivity contribution in [2.24, 2.45) is 7.05 Å². The van der Waals surface area contributed by atoms with Crippen LogP contribution in [0.25, 0.3) is 17.2 Å². The second-order valence-electron chi connectivity index (χ2n) is 10.9. The zero-order valence-electron chi connectivity index (χ0n) is 24.2. The van der Waals surface area contributed by atoms with E-state index in [2.05, 4.69) is 50.9 Å². The summed E-state index contributed by atoms with van der Waals surface area (Å²) >= 11 is 3.23. The number of hydrogen-bond acceptors (Lipinski definition) is 8. The van der Waals surface area contributed by atoms with Crippen molar-refractivity contribution in [2.75, 3.05) is 30.8 Å². The van der Waals surface area contributed by atoms with Crippen molar-refractivity contribution in [3.8, 4) is 28.7 Å². The number of hydrogen-bond donors (Lipinski definition) is 1. The Hall–Kier alpha value is -3.27. The van der Waals surface area contributed by atoms with Gasteiger partial charge in [0.15, 0.2) is 5.82 Å². The van der Waals surface area contributed by atoms with Crippen molar-refractivity contribution in [3.63, 3.8) is 0 Å². The smallest absolute Gasteiger partial charge is 0.246 e. The molecule has 2 heterocycles. The van der Waals surface area contributed by atoms with E-state index in [1.165, 1.54) is 36.7 Å². The van der Waals surface area contributed by atoms with E-state index in [4.69, 9.17) is 9.47 Å². The van der Waals surface area contributed by atoms with Gasteiger partial charge in [-0.05, 0) is 41.9 Å². The molecule has 0 aliphatic heterocycles. The number of anilines is 1. The summed E-state index contributed by atoms with van der Waals surface area (Å²) in [7, 11) is -1.26. The van der Waals surface area contributed by atoms with Gasteiger partial charge in [0.25, 0.3) is 0 Å². The van der Waals surface area contributed by atoms with Crippen LogP contribution in [-0.2, 0) is 17.1 Å². The van der Waals surface area contributed by atoms with E-state index < -0.39 is 35.8 Å². The molecule has 1 N–H and O–H groups in total. The summed E-state index contributed by atoms with van der Waals surface area (Å²) in [5.41, 5.74) is 1.08. The first kappa shape index (κ1) is 31.7. The molecule has 0 amide bonds. The molecule has 0 saturated carbocycles. The molecule has 0 fully saturated rings. The second kappa shape index (κ2) is 12.5. The minimum absolute atomic E-state index is 0.0120. The first-order chi connectivity index (χ1) is 19.8. The van der Waals surface area contributed by atoms with Gasteiger partial charge in [-0.15, -0.1) is 10.2 Å². The molecule has 226 valence electrons. The maximum Gasteiger partial charge on any atom is 0.246 e. The van der Waals surface area contributed by atoms with Crippen molar-refractivity contribution in [2.45, 2.75) is 31.8 Å². The number of methoxy groups -OCH3 is 2. The van der Waals surface area contributed by atoms with E-state index in [1.807, 2.05) is 0 Å². The number of benzene rings is 2. The maximum atomic E-state index is 14.2. The molecule has 1 atom stereocenters. The number of aliphatic hydroxyl groups excluding tert-OH is 1. The summed E-state index contributed by atoms with van der Waals surface area (Å²) in [4.78, 5) is 0. The summed E-state index contributed by atoms with van der Waals surface area (Å²) in [5.74, 6) is -0.155. The summed E-state index contributed by atoms with van der Waals surface area (Å²) < 4.78 is 58.0. The number of halogens is 2. The van der Waals surface area contributed by atoms with E-state index in [1.54, 1.807) is 46.8 Å². The third kappa shape index (κ3) is 6.85. The second-order valence-corrected chi connectivity index (χ2v) is 19.3. The summed E-state index contributed by atoms with van der Waals surface area (Å²) in [6.07, 6.45) is 0.288. The van der Waals surface area contributed by atoms with E-state index in [9.17, 15) is 17.9 Å². The van der Waals surface area contributed by atoms with Crippen molar-refractivity contribution in [1.29, 1.82) is 0 Å². The Bertz CT molecular complexity index is 1650. The quantitative estimate of drug-likeness (QED) is 0.212. The van der Waals surface area contributed by atoms with Crippen LogP contribution in [-0.4, -0.2) is 72.7 Å². The van der Waals surface area contributed by atoms with Crippen LogP contribution in [0.15, 0.2) is 53.1 Å². The number of para-hydroxylation sites is 1. The normalized spacial score (nSPS) is 12.8. The number of rotatable bonds is 12. The summed E-state index contributed by atoms with van der Waals surface area (Å²) in [5, 5.41) is 24.3. The lowest BCUT2D eigenvalue weighted by atomic mass is 10.1. The lowest BCUT2D eigenvalue weighted by Gasteiger charge is -2.28. The number of sulfonamides is 1. The van der Waals surface area contributed by atoms with Gasteiger partial charge in [-0.25, -0.2) is 17.1 Å². The van der Waals surface area contributed by atoms with Crippen LogP contribution in [0.4, 0.5) is 10.3 Å². The average Bonchev–Trinajstić information content (AvgIpc) is 3.53. The third-order valence-electron chi connectivity index (χ3n) is 6.53. The highest BCUT2D eigenvalue weighted by molar-refractivity contribution is 9.10. The van der Waals surface area contributed by atoms with Gasteiger partial charge in [-0.2, -0.15) is 5.10 Å². The topological polar surface area (TPSA) is 125 Å². The van der Waals surface area contributed by atoms with Crippen molar-refractivity contribution < 1.29 is 27.4 Å². The first-order valence-corrected chi connectivity index (χ1v) is 19.2. The zero-order valence-corrected chi connectivity index (χ0v) is 27.6. The van der Waals surface area contributed by atoms with Crippen LogP contribution in [0, 0.1) is 5.82 Å². The molecule has 42 heavy (non-hydrogen) atoms. The molecular weight excluding hydrogens is 647 g/mol. The molecule has 0 unspecified atom stereocenters. The van der Waals surface area contributed by atoms with Gasteiger partial charge in [-0.3, -0.25) is 9.25 Å². The largest absolute Gasteiger partial charge is 0.494 e. The van der Waals surface area contributed by atoms with Crippen LogP contribution < -0.4 is 13.8 Å². The fourth-order valence-electron chi connectivity index (χ4n) is 4.35. The summed E-state index contributed by atoms with van der Waals surface area (Å²) in [6, 6.07) is 11.2. The Balaban J connectivity index is 1.93. The van der Waals surface area contributed by atoms with Crippen LogP contribution in [0.3, 0.4) is 0 Å². The highest BCUT2D eigenvalue weighted by atomic mass is 79.9. The van der Waals surface area contributed by atoms with Gasteiger partial charge in [0.2, 0.25) is 16.0 Å². The van der Waals surface area contributed by atoms with Gasteiger partial charge >= 0.3 is 0 Å². The predicted molar refractivity (Wildman–Crippen MR) is 165 cm³/mol. The average molecular weight is 682 g/mol. The molecule has 0 saturated heterocycles. The number of aromatic nitrogens is 5. The highest BCUT2D eigenvalue weighted by Crippen LogP contribution is 2.39. The predicted octanol–water partition coefficient (Wildman–Crippen LogP) is 4.79. The fraction of sp³-hybridized carbons (Fsp3) is 0.370. The lowest BCUT2D eigenvalue weighted by Crippen LogP contribution is -2.40. The molecule has 0 aliphatic carbocycles. The maximum absolute atomic E-state index is 14.2. The lowest BCUT2D eigenvalue weighted by molar-refractivity contribution is 0.200. The van der Waals surface area contributed by atoms with Gasteiger partial charge in [-0.1, -0.05) is 47.7 Å². The Labute approximate surface area is 254 Å². The number of aliphatic hydroxyl groups is 1. The standard InChI is InChI=1S/C27H34BrFN6O5SSi/c1-33-13-12-21(32-33)26-30-31-27(35(26)25-23(39-2)8-7-9-24(25)40-3)34(14-15-42(4,5)6)41(37,38)17-22(36)19-11-10-18(29)16-20(19)28/h7-13,16,22,36H,14-15,17H2,1-6H3/t22-/m0/s1. The molecule has 0 bridgehead atoms. The number of ether oxygens (including phenoxy) is 2. The van der Waals surface area contributed by atoms with E-state index in [-0.39, 0.29) is 28.4 Å². The Morgan fingerprint density at radius 1 is 1.10 bits per heavy atom. The zero-order chi connectivity index (χ0) is 30.8. The number of nitrogens with zero attached hydrogens (tertiary/aromatic N) is 6. The fourth-order valence-corrected chi connectivity index (χ4v) is 7.51. The SMILES string of the molecule is COc1cccc(OC)c1-n1c(-c2ccn(C)n2)nnc1N(CC[Si](C)(C)C)S(=O)(=O)C[C@H](O)c1ccc(F)cc1Br. The molecule has 4 aromatic rings. The van der Waals surface area contributed by atoms with Crippen LogP contribution in [0.1, 0.15) is 11.7 Å². The van der Waals surface area contributed by atoms with Gasteiger partial charge in [0.05, 0.1) is 26.1 Å². The first-order valence-electron chi connectivity index (χ1n) is 13.1. The molecular formula is C27H34BrFN6O5SSi. The molecule has 0 aliphatic rings. The van der Waals surface area contributed by atoms with Crippen molar-refractivity contribution >= 4 is 40.0 Å². The van der Waals surface area contributed by atoms with E-state index in [0.29, 0.717) is 28.9 Å². The van der Waals surface area contributed by atoms with Gasteiger partial charge < -0.3 is 14.6 Å². The molecule has 0 spiro atoms. The molecule has 2 aromatic carbocycles. The number of aryl methyl sites for hydroxylation is 1. The van der Waals surface area contributed by atoms with Crippen molar-refractivity contribution in [3.05, 3.63) is 64.5 Å². The minimum Gasteiger partial charge on any atom is -0.494 e. The minimum atomic E-state index is -4.25. The van der Waals surface area contributed by atoms with Crippen LogP contribution >= 0.6 is 15.9 Å². The highest BCUT2D eigenvalue weighted by Gasteiger charge is 2.35. The Morgan fingerprint density at radius 3 is 2.31 bits per heavy atom. The molecule has 11 nitrogen and oxygen atoms in total. The molecule has 2 aromatic heterocycles. The monoisotopic (exact) mass is 680 g/mol. The molecule has 0 radical (unpaired) electrons. The molecule has 15 heteroatoms. The summed E-state index contributed by atoms with van der Waals surface area (Å²) in [6.45, 7) is 6.49. The van der Waals surface area contributed by atoms with E-state index >= 15 is 0 Å². The Kier molecular flexibility index (Phi) is 9.45. The van der Waals surface area contributed by atoms with Gasteiger partial charge in [0, 0.05) is 32.3 Å². The van der Waals surface area contributed by atoms with Crippen LogP contribution in [0.2, 0.25) is 25.7 Å².